The zero-order valence-electron chi connectivity index (χ0n) is 18.0. The summed E-state index contributed by atoms with van der Waals surface area (Å²) < 4.78 is 7.36. The summed E-state index contributed by atoms with van der Waals surface area (Å²) in [6, 6.07) is 6.20. The zero-order chi connectivity index (χ0) is 22.0. The van der Waals surface area contributed by atoms with E-state index >= 15 is 0 Å². The highest BCUT2D eigenvalue weighted by Crippen LogP contribution is 2.36. The molecule has 1 aromatic carbocycles. The van der Waals surface area contributed by atoms with E-state index in [0.29, 0.717) is 38.5 Å². The first kappa shape index (κ1) is 21.3. The Hall–Kier alpha value is -2.94. The fraction of sp³-hybridized carbons (Fsp3) is 0.545. The first-order chi connectivity index (χ1) is 15.0. The van der Waals surface area contributed by atoms with Crippen LogP contribution in [0, 0.1) is 0 Å². The number of imidazole rings is 1. The van der Waals surface area contributed by atoms with Crippen LogP contribution in [0.25, 0.3) is 11.0 Å². The van der Waals surface area contributed by atoms with Crippen molar-refractivity contribution >= 4 is 34.8 Å². The van der Waals surface area contributed by atoms with Gasteiger partial charge in [-0.15, -0.1) is 0 Å². The number of imide groups is 1. The number of hydrogen-bond acceptors (Lipinski definition) is 5. The van der Waals surface area contributed by atoms with Crippen molar-refractivity contribution in [1.82, 2.24) is 19.8 Å². The molecule has 1 saturated carbocycles. The topological polar surface area (TPSA) is 106 Å². The maximum Gasteiger partial charge on any atom is 0.325 e. The highest BCUT2D eigenvalue weighted by atomic mass is 16.5. The number of fused-ring (bicyclic) bond motifs is 1. The Morgan fingerprint density at radius 1 is 1.29 bits per heavy atom. The molecule has 4 rings (SSSR count). The molecule has 2 fully saturated rings. The first-order valence-electron chi connectivity index (χ1n) is 11.0. The van der Waals surface area contributed by atoms with Crippen molar-refractivity contribution < 1.29 is 19.1 Å². The van der Waals surface area contributed by atoms with Gasteiger partial charge in [0.1, 0.15) is 11.6 Å². The molecule has 2 aromatic rings. The van der Waals surface area contributed by atoms with Crippen LogP contribution in [0.1, 0.15) is 46.0 Å². The molecule has 1 aliphatic carbocycles. The van der Waals surface area contributed by atoms with Crippen LogP contribution in [-0.4, -0.2) is 57.1 Å². The van der Waals surface area contributed by atoms with Crippen molar-refractivity contribution in [3.8, 4) is 0 Å². The van der Waals surface area contributed by atoms with E-state index in [2.05, 4.69) is 15.6 Å². The number of carbonyl (C=O) groups excluding carboxylic acids is 3. The van der Waals surface area contributed by atoms with E-state index in [4.69, 9.17) is 4.74 Å². The lowest BCUT2D eigenvalue weighted by atomic mass is 9.97. The van der Waals surface area contributed by atoms with E-state index in [1.54, 1.807) is 6.92 Å². The summed E-state index contributed by atoms with van der Waals surface area (Å²) in [5.74, 6) is -0.347. The molecule has 1 aromatic heterocycles. The summed E-state index contributed by atoms with van der Waals surface area (Å²) in [6.07, 6.45) is 3.80. The lowest BCUT2D eigenvalue weighted by Crippen LogP contribution is -2.48. The number of anilines is 1. The molecule has 2 heterocycles. The SMILES string of the molecule is CCOCCCn1c(NC(=O)C(C)N2C(=O)NC3(CCCC3)C2=O)nc2ccccc21. The largest absolute Gasteiger partial charge is 0.382 e. The monoisotopic (exact) mass is 427 g/mol. The van der Waals surface area contributed by atoms with Crippen molar-refractivity contribution in [1.29, 1.82) is 0 Å². The Bertz CT molecular complexity index is 995. The van der Waals surface area contributed by atoms with Crippen molar-refractivity contribution in [3.05, 3.63) is 24.3 Å². The fourth-order valence-corrected chi connectivity index (χ4v) is 4.51. The van der Waals surface area contributed by atoms with Crippen LogP contribution in [0.5, 0.6) is 0 Å². The molecule has 2 aliphatic rings. The molecule has 4 amide bonds. The molecular weight excluding hydrogens is 398 g/mol. The molecule has 166 valence electrons. The van der Waals surface area contributed by atoms with Crippen LogP contribution in [0.15, 0.2) is 24.3 Å². The maximum absolute atomic E-state index is 13.0. The number of para-hydroxylation sites is 2. The third kappa shape index (κ3) is 3.89. The van der Waals surface area contributed by atoms with Gasteiger partial charge in [0.05, 0.1) is 11.0 Å². The number of ether oxygens (including phenoxy) is 1. The van der Waals surface area contributed by atoms with E-state index in [9.17, 15) is 14.4 Å². The van der Waals surface area contributed by atoms with Gasteiger partial charge in [-0.3, -0.25) is 14.9 Å². The number of nitrogens with one attached hydrogen (secondary N) is 2. The molecular formula is C22H29N5O4. The van der Waals surface area contributed by atoms with Gasteiger partial charge in [0.15, 0.2) is 0 Å². The Balaban J connectivity index is 1.52. The van der Waals surface area contributed by atoms with Crippen molar-refractivity contribution in [2.75, 3.05) is 18.5 Å². The minimum Gasteiger partial charge on any atom is -0.382 e. The highest BCUT2D eigenvalue weighted by Gasteiger charge is 2.54. The van der Waals surface area contributed by atoms with E-state index < -0.39 is 23.5 Å². The fourth-order valence-electron chi connectivity index (χ4n) is 4.51. The number of benzene rings is 1. The van der Waals surface area contributed by atoms with Crippen LogP contribution in [0.4, 0.5) is 10.7 Å². The molecule has 31 heavy (non-hydrogen) atoms. The average Bonchev–Trinajstić information content (AvgIpc) is 3.42. The van der Waals surface area contributed by atoms with Crippen LogP contribution in [-0.2, 0) is 20.9 Å². The predicted octanol–water partition coefficient (Wildman–Crippen LogP) is 2.65. The summed E-state index contributed by atoms with van der Waals surface area (Å²) in [5.41, 5.74) is 0.835. The van der Waals surface area contributed by atoms with Gasteiger partial charge in [-0.1, -0.05) is 25.0 Å². The smallest absolute Gasteiger partial charge is 0.325 e. The summed E-state index contributed by atoms with van der Waals surface area (Å²) in [5, 5.41) is 5.66. The molecule has 9 nitrogen and oxygen atoms in total. The number of amides is 4. The second-order valence-corrected chi connectivity index (χ2v) is 8.19. The van der Waals surface area contributed by atoms with E-state index in [-0.39, 0.29) is 5.91 Å². The molecule has 1 atom stereocenters. The molecule has 0 radical (unpaired) electrons. The van der Waals surface area contributed by atoms with Gasteiger partial charge in [-0.2, -0.15) is 0 Å². The Morgan fingerprint density at radius 2 is 2.03 bits per heavy atom. The number of urea groups is 1. The standard InChI is InChI=1S/C22H29N5O4/c1-3-31-14-8-13-26-17-10-5-4-9-16(17)23-20(26)24-18(28)15(2)27-19(29)22(25-21(27)30)11-6-7-12-22/h4-5,9-10,15H,3,6-8,11-14H2,1-2H3,(H,25,30)(H,23,24,28). The third-order valence-electron chi connectivity index (χ3n) is 6.18. The minimum atomic E-state index is -0.941. The molecule has 1 unspecified atom stereocenters. The predicted molar refractivity (Wildman–Crippen MR) is 116 cm³/mol. The van der Waals surface area contributed by atoms with Crippen molar-refractivity contribution in [2.24, 2.45) is 0 Å². The number of aromatic nitrogens is 2. The van der Waals surface area contributed by atoms with Gasteiger partial charge in [-0.25, -0.2) is 14.7 Å². The van der Waals surface area contributed by atoms with Crippen LogP contribution >= 0.6 is 0 Å². The lowest BCUT2D eigenvalue weighted by molar-refractivity contribution is -0.136. The Morgan fingerprint density at radius 3 is 2.77 bits per heavy atom. The second kappa shape index (κ2) is 8.66. The Labute approximate surface area is 181 Å². The molecule has 1 aliphatic heterocycles. The van der Waals surface area contributed by atoms with Crippen molar-refractivity contribution in [2.45, 2.75) is 64.1 Å². The van der Waals surface area contributed by atoms with E-state index in [1.807, 2.05) is 35.8 Å². The van der Waals surface area contributed by atoms with Gasteiger partial charge < -0.3 is 14.6 Å². The first-order valence-corrected chi connectivity index (χ1v) is 11.0. The van der Waals surface area contributed by atoms with Gasteiger partial charge in [0, 0.05) is 19.8 Å². The number of carbonyl (C=O) groups is 3. The van der Waals surface area contributed by atoms with Gasteiger partial charge >= 0.3 is 6.03 Å². The van der Waals surface area contributed by atoms with Gasteiger partial charge in [0.25, 0.3) is 5.91 Å². The summed E-state index contributed by atoms with van der Waals surface area (Å²) in [4.78, 5) is 44.2. The average molecular weight is 428 g/mol. The normalized spacial score (nSPS) is 18.7. The zero-order valence-corrected chi connectivity index (χ0v) is 18.0. The Kier molecular flexibility index (Phi) is 5.95. The summed E-state index contributed by atoms with van der Waals surface area (Å²) >= 11 is 0. The highest BCUT2D eigenvalue weighted by molar-refractivity contribution is 6.11. The van der Waals surface area contributed by atoms with Gasteiger partial charge in [-0.05, 0) is 45.2 Å². The molecule has 1 spiro atoms. The molecule has 2 N–H and O–H groups in total. The second-order valence-electron chi connectivity index (χ2n) is 8.19. The quantitative estimate of drug-likeness (QED) is 0.498. The number of aryl methyl sites for hydroxylation is 1. The lowest BCUT2D eigenvalue weighted by Gasteiger charge is -2.23. The van der Waals surface area contributed by atoms with Crippen LogP contribution in [0.2, 0.25) is 0 Å². The number of nitrogens with zero attached hydrogens (tertiary/aromatic N) is 3. The maximum atomic E-state index is 13.0. The van der Waals surface area contributed by atoms with Gasteiger partial charge in [0.2, 0.25) is 11.9 Å². The summed E-state index contributed by atoms with van der Waals surface area (Å²) in [6.45, 7) is 5.40. The van der Waals surface area contributed by atoms with Crippen LogP contribution in [0.3, 0.4) is 0 Å². The molecule has 1 saturated heterocycles. The number of rotatable bonds is 8. The van der Waals surface area contributed by atoms with E-state index in [1.165, 1.54) is 0 Å². The van der Waals surface area contributed by atoms with Crippen LogP contribution < -0.4 is 10.6 Å². The summed E-state index contributed by atoms with van der Waals surface area (Å²) in [7, 11) is 0. The van der Waals surface area contributed by atoms with E-state index in [0.717, 1.165) is 35.2 Å². The van der Waals surface area contributed by atoms with Crippen molar-refractivity contribution in [3.63, 3.8) is 0 Å². The third-order valence-corrected chi connectivity index (χ3v) is 6.18. The molecule has 9 heteroatoms. The molecule has 0 bridgehead atoms. The number of hydrogen-bond donors (Lipinski definition) is 2. The minimum absolute atomic E-state index is 0.303.